The zero-order valence-corrected chi connectivity index (χ0v) is 15.1. The number of carbonyl (C=O) groups excluding carboxylic acids is 3. The Morgan fingerprint density at radius 3 is 2.68 bits per heavy atom. The Bertz CT molecular complexity index is 644. The molecule has 0 spiro atoms. The average molecular weight is 364 g/mol. The van der Waals surface area contributed by atoms with Gasteiger partial charge >= 0.3 is 0 Å². The maximum Gasteiger partial charge on any atom is 0.264 e. The molecule has 3 rings (SSSR count). The number of thiophene rings is 1. The summed E-state index contributed by atoms with van der Waals surface area (Å²) in [6.07, 6.45) is 2.44. The zero-order chi connectivity index (χ0) is 18.0. The smallest absolute Gasteiger partial charge is 0.264 e. The van der Waals surface area contributed by atoms with Crippen LogP contribution in [0.2, 0.25) is 0 Å². The second-order valence-electron chi connectivity index (χ2n) is 6.58. The molecule has 0 aromatic carbocycles. The Hall–Kier alpha value is -1.93. The molecule has 7 nitrogen and oxygen atoms in total. The van der Waals surface area contributed by atoms with Crippen LogP contribution in [0.25, 0.3) is 0 Å². The molecular formula is C17H24N4O3S. The van der Waals surface area contributed by atoms with Crippen molar-refractivity contribution in [1.29, 1.82) is 0 Å². The molecule has 2 fully saturated rings. The van der Waals surface area contributed by atoms with Gasteiger partial charge in [0.25, 0.3) is 5.91 Å². The Morgan fingerprint density at radius 2 is 2.12 bits per heavy atom. The van der Waals surface area contributed by atoms with E-state index in [0.29, 0.717) is 30.9 Å². The van der Waals surface area contributed by atoms with Crippen molar-refractivity contribution in [2.45, 2.75) is 44.3 Å². The number of carbonyl (C=O) groups is 3. The fourth-order valence-corrected chi connectivity index (χ4v) is 4.10. The van der Waals surface area contributed by atoms with Gasteiger partial charge < -0.3 is 20.9 Å². The highest BCUT2D eigenvalue weighted by Crippen LogP contribution is 2.35. The number of rotatable bonds is 6. The van der Waals surface area contributed by atoms with Gasteiger partial charge in [-0.2, -0.15) is 0 Å². The largest absolute Gasteiger partial charge is 0.353 e. The normalized spacial score (nSPS) is 22.7. The van der Waals surface area contributed by atoms with Crippen LogP contribution in [0, 0.1) is 0 Å². The molecule has 1 aromatic heterocycles. The molecule has 0 bridgehead atoms. The Labute approximate surface area is 151 Å². The first-order valence-electron chi connectivity index (χ1n) is 8.64. The molecule has 136 valence electrons. The number of nitrogens with zero attached hydrogens (tertiary/aromatic N) is 2. The van der Waals surface area contributed by atoms with Gasteiger partial charge in [-0.1, -0.05) is 6.07 Å². The third kappa shape index (κ3) is 3.85. The van der Waals surface area contributed by atoms with E-state index in [4.69, 9.17) is 5.73 Å². The van der Waals surface area contributed by atoms with E-state index in [-0.39, 0.29) is 29.8 Å². The molecule has 1 aliphatic carbocycles. The summed E-state index contributed by atoms with van der Waals surface area (Å²) in [5.41, 5.74) is 5.44. The lowest BCUT2D eigenvalue weighted by Gasteiger charge is -2.28. The van der Waals surface area contributed by atoms with Gasteiger partial charge in [-0.25, -0.2) is 0 Å². The molecular weight excluding hydrogens is 340 g/mol. The number of nitrogens with one attached hydrogen (secondary N) is 1. The van der Waals surface area contributed by atoms with E-state index < -0.39 is 6.04 Å². The third-order valence-electron chi connectivity index (χ3n) is 4.73. The van der Waals surface area contributed by atoms with Crippen molar-refractivity contribution >= 4 is 29.1 Å². The third-order valence-corrected chi connectivity index (χ3v) is 5.59. The summed E-state index contributed by atoms with van der Waals surface area (Å²) < 4.78 is 0. The molecule has 1 saturated carbocycles. The van der Waals surface area contributed by atoms with Crippen LogP contribution in [0.15, 0.2) is 17.5 Å². The van der Waals surface area contributed by atoms with E-state index in [2.05, 4.69) is 5.32 Å². The molecule has 3 N–H and O–H groups in total. The Balaban J connectivity index is 1.77. The lowest BCUT2D eigenvalue weighted by Crippen LogP contribution is -2.46. The predicted octanol–water partition coefficient (Wildman–Crippen LogP) is 0.417. The van der Waals surface area contributed by atoms with Gasteiger partial charge in [0, 0.05) is 32.6 Å². The summed E-state index contributed by atoms with van der Waals surface area (Å²) in [6, 6.07) is 3.25. The van der Waals surface area contributed by atoms with Crippen LogP contribution in [-0.2, 0) is 9.59 Å². The van der Waals surface area contributed by atoms with Gasteiger partial charge in [0.1, 0.15) is 6.04 Å². The van der Waals surface area contributed by atoms with Gasteiger partial charge in [-0.05, 0) is 30.7 Å². The van der Waals surface area contributed by atoms with Gasteiger partial charge in [0.15, 0.2) is 0 Å². The Morgan fingerprint density at radius 1 is 1.36 bits per heavy atom. The van der Waals surface area contributed by atoms with E-state index >= 15 is 0 Å². The van der Waals surface area contributed by atoms with Crippen LogP contribution in [-0.4, -0.2) is 65.3 Å². The zero-order valence-electron chi connectivity index (χ0n) is 14.3. The van der Waals surface area contributed by atoms with Gasteiger partial charge in [-0.15, -0.1) is 11.3 Å². The number of amides is 3. The Kier molecular flexibility index (Phi) is 5.39. The molecule has 1 saturated heterocycles. The molecule has 1 aromatic rings. The fourth-order valence-electron chi connectivity index (χ4n) is 3.44. The van der Waals surface area contributed by atoms with Crippen molar-refractivity contribution in [3.63, 3.8) is 0 Å². The lowest BCUT2D eigenvalue weighted by atomic mass is 10.1. The molecule has 0 radical (unpaired) electrons. The maximum absolute atomic E-state index is 12.9. The highest BCUT2D eigenvalue weighted by Gasteiger charge is 2.46. The quantitative estimate of drug-likeness (QED) is 0.765. The van der Waals surface area contributed by atoms with Gasteiger partial charge in [-0.3, -0.25) is 14.4 Å². The minimum absolute atomic E-state index is 0.00835. The highest BCUT2D eigenvalue weighted by molar-refractivity contribution is 7.12. The summed E-state index contributed by atoms with van der Waals surface area (Å²) in [7, 11) is 0. The standard InChI is InChI=1S/C17H24N4O3S/c1-11(22)20-10-13(9-14(20)16(23)19-7-6-18)21(12-4-5-12)17(24)15-3-2-8-25-15/h2-3,8,12-14H,4-7,9-10,18H2,1H3,(H,19,23). The first-order valence-corrected chi connectivity index (χ1v) is 9.52. The van der Waals surface area contributed by atoms with Crippen molar-refractivity contribution in [3.05, 3.63) is 22.4 Å². The molecule has 25 heavy (non-hydrogen) atoms. The topological polar surface area (TPSA) is 95.7 Å². The van der Waals surface area contributed by atoms with E-state index in [9.17, 15) is 14.4 Å². The molecule has 2 atom stereocenters. The van der Waals surface area contributed by atoms with Crippen LogP contribution in [0.5, 0.6) is 0 Å². The molecule has 8 heteroatoms. The van der Waals surface area contributed by atoms with Crippen molar-refractivity contribution in [1.82, 2.24) is 15.1 Å². The van der Waals surface area contributed by atoms with E-state index in [1.807, 2.05) is 22.4 Å². The summed E-state index contributed by atoms with van der Waals surface area (Å²) in [5.74, 6) is -0.328. The minimum Gasteiger partial charge on any atom is -0.353 e. The number of likely N-dealkylation sites (tertiary alicyclic amines) is 1. The molecule has 1 aliphatic heterocycles. The van der Waals surface area contributed by atoms with E-state index in [1.165, 1.54) is 18.3 Å². The summed E-state index contributed by atoms with van der Waals surface area (Å²) in [5, 5.41) is 4.65. The van der Waals surface area contributed by atoms with Crippen LogP contribution in [0.1, 0.15) is 35.9 Å². The van der Waals surface area contributed by atoms with Crippen LogP contribution in [0.3, 0.4) is 0 Å². The van der Waals surface area contributed by atoms with Gasteiger partial charge in [0.2, 0.25) is 11.8 Å². The van der Waals surface area contributed by atoms with Crippen molar-refractivity contribution in [2.75, 3.05) is 19.6 Å². The SMILES string of the molecule is CC(=O)N1CC(N(C(=O)c2cccs2)C2CC2)CC1C(=O)NCCN. The first kappa shape index (κ1) is 17.9. The predicted molar refractivity (Wildman–Crippen MR) is 95.2 cm³/mol. The van der Waals surface area contributed by atoms with Crippen molar-refractivity contribution in [3.8, 4) is 0 Å². The van der Waals surface area contributed by atoms with E-state index in [0.717, 1.165) is 12.8 Å². The van der Waals surface area contributed by atoms with Gasteiger partial charge in [0.05, 0.1) is 10.9 Å². The maximum atomic E-state index is 12.9. The summed E-state index contributed by atoms with van der Waals surface area (Å²) in [4.78, 5) is 41.5. The monoisotopic (exact) mass is 364 g/mol. The highest BCUT2D eigenvalue weighted by atomic mass is 32.1. The lowest BCUT2D eigenvalue weighted by molar-refractivity contribution is -0.136. The fraction of sp³-hybridized carbons (Fsp3) is 0.588. The summed E-state index contributed by atoms with van der Waals surface area (Å²) in [6.45, 7) is 2.61. The summed E-state index contributed by atoms with van der Waals surface area (Å²) >= 11 is 1.42. The molecule has 2 heterocycles. The van der Waals surface area contributed by atoms with Crippen LogP contribution >= 0.6 is 11.3 Å². The second kappa shape index (κ2) is 7.53. The number of nitrogens with two attached hydrogens (primary N) is 1. The number of hydrogen-bond acceptors (Lipinski definition) is 5. The first-order chi connectivity index (χ1) is 12.0. The molecule has 2 unspecified atom stereocenters. The average Bonchev–Trinajstić information content (AvgIpc) is 3.11. The molecule has 2 aliphatic rings. The van der Waals surface area contributed by atoms with Crippen LogP contribution in [0.4, 0.5) is 0 Å². The van der Waals surface area contributed by atoms with E-state index in [1.54, 1.807) is 4.90 Å². The van der Waals surface area contributed by atoms with Crippen molar-refractivity contribution < 1.29 is 14.4 Å². The van der Waals surface area contributed by atoms with Crippen molar-refractivity contribution in [2.24, 2.45) is 5.73 Å². The second-order valence-corrected chi connectivity index (χ2v) is 7.52. The number of hydrogen-bond donors (Lipinski definition) is 2. The van der Waals surface area contributed by atoms with Crippen LogP contribution < -0.4 is 11.1 Å². The molecule has 3 amide bonds. The minimum atomic E-state index is -0.536.